The van der Waals surface area contributed by atoms with Gasteiger partial charge in [0, 0.05) is 0 Å². The van der Waals surface area contributed by atoms with Gasteiger partial charge in [-0.2, -0.15) is 0 Å². The Hall–Kier alpha value is -2.38. The van der Waals surface area contributed by atoms with E-state index in [0.29, 0.717) is 12.8 Å². The number of fused-ring (bicyclic) bond motifs is 1. The van der Waals surface area contributed by atoms with Crippen molar-refractivity contribution >= 4 is 5.97 Å². The van der Waals surface area contributed by atoms with Crippen molar-refractivity contribution in [1.82, 2.24) is 0 Å². The normalized spacial score (nSPS) is 29.9. The molecule has 0 radical (unpaired) electrons. The Labute approximate surface area is 214 Å². The maximum atomic E-state index is 13.5. The summed E-state index contributed by atoms with van der Waals surface area (Å²) in [5.74, 6) is -0.849. The Kier molecular flexibility index (Phi) is 8.56. The van der Waals surface area contributed by atoms with Crippen molar-refractivity contribution in [1.29, 1.82) is 0 Å². The largest absolute Gasteiger partial charge is 0.468 e. The van der Waals surface area contributed by atoms with Crippen LogP contribution in [0.15, 0.2) is 33.0 Å². The maximum Gasteiger partial charge on any atom is 0.345 e. The molecule has 7 nitrogen and oxygen atoms in total. The van der Waals surface area contributed by atoms with Crippen LogP contribution >= 0.6 is 0 Å². The molecule has 2 saturated carbocycles. The van der Waals surface area contributed by atoms with E-state index in [1.165, 1.54) is 19.8 Å². The molecule has 0 bridgehead atoms. The van der Waals surface area contributed by atoms with E-state index in [1.54, 1.807) is 0 Å². The first-order chi connectivity index (χ1) is 16.9. The Balaban J connectivity index is 2.07. The van der Waals surface area contributed by atoms with E-state index in [-0.39, 0.29) is 51.6 Å². The summed E-state index contributed by atoms with van der Waals surface area (Å²) >= 11 is 0. The zero-order chi connectivity index (χ0) is 26.8. The van der Waals surface area contributed by atoms with E-state index >= 15 is 0 Å². The van der Waals surface area contributed by atoms with Gasteiger partial charge in [-0.15, -0.1) is 0 Å². The summed E-state index contributed by atoms with van der Waals surface area (Å²) in [6.07, 6.45) is 7.20. The fourth-order valence-electron chi connectivity index (χ4n) is 6.93. The molecule has 1 aromatic heterocycles. The van der Waals surface area contributed by atoms with Gasteiger partial charge in [-0.1, -0.05) is 37.6 Å². The van der Waals surface area contributed by atoms with Crippen molar-refractivity contribution in [2.24, 2.45) is 22.7 Å². The summed E-state index contributed by atoms with van der Waals surface area (Å²) in [4.78, 5) is 25.9. The average Bonchev–Trinajstić information content (AvgIpc) is 2.83. The third-order valence-electron chi connectivity index (χ3n) is 8.96. The van der Waals surface area contributed by atoms with Crippen molar-refractivity contribution in [3.8, 4) is 5.95 Å². The van der Waals surface area contributed by atoms with Crippen LogP contribution in [0.5, 0.6) is 5.95 Å². The second-order valence-electron chi connectivity index (χ2n) is 11.2. The molecular formula is C29H42O7. The number of ether oxygens (including phenoxy) is 2. The Morgan fingerprint density at radius 1 is 1.25 bits per heavy atom. The molecule has 2 aliphatic rings. The molecule has 0 spiro atoms. The van der Waals surface area contributed by atoms with E-state index in [2.05, 4.69) is 40.3 Å². The summed E-state index contributed by atoms with van der Waals surface area (Å²) in [5.41, 5.74) is 1.27. The molecule has 5 atom stereocenters. The van der Waals surface area contributed by atoms with Gasteiger partial charge in [-0.3, -0.25) is 4.79 Å². The molecule has 7 heteroatoms. The highest BCUT2D eigenvalue weighted by atomic mass is 16.6. The zero-order valence-corrected chi connectivity index (χ0v) is 22.6. The van der Waals surface area contributed by atoms with Crippen LogP contribution in [-0.4, -0.2) is 36.5 Å². The van der Waals surface area contributed by atoms with Gasteiger partial charge in [-0.05, 0) is 81.5 Å². The molecule has 1 heterocycles. The van der Waals surface area contributed by atoms with Crippen LogP contribution in [-0.2, 0) is 17.8 Å². The minimum Gasteiger partial charge on any atom is -0.468 e. The van der Waals surface area contributed by atoms with Gasteiger partial charge in [0.05, 0.1) is 25.9 Å². The number of rotatable bonds is 8. The van der Waals surface area contributed by atoms with Gasteiger partial charge in [0.2, 0.25) is 5.43 Å². The summed E-state index contributed by atoms with van der Waals surface area (Å²) in [7, 11) is 2.59. The van der Waals surface area contributed by atoms with Crippen LogP contribution in [0, 0.1) is 22.7 Å². The van der Waals surface area contributed by atoms with E-state index in [4.69, 9.17) is 13.9 Å². The number of carbonyl (C=O) groups excluding carboxylic acids is 1. The molecule has 0 saturated heterocycles. The van der Waals surface area contributed by atoms with Gasteiger partial charge in [0.1, 0.15) is 12.2 Å². The fraction of sp³-hybridized carbons (Fsp3) is 0.655. The fourth-order valence-corrected chi connectivity index (χ4v) is 6.93. The molecule has 1 aromatic rings. The first-order valence-corrected chi connectivity index (χ1v) is 12.9. The lowest BCUT2D eigenvalue weighted by Crippen LogP contribution is -2.56. The zero-order valence-electron chi connectivity index (χ0n) is 22.6. The van der Waals surface area contributed by atoms with Crippen molar-refractivity contribution in [2.75, 3.05) is 14.2 Å². The lowest BCUT2D eigenvalue weighted by atomic mass is 9.45. The van der Waals surface area contributed by atoms with E-state index in [0.717, 1.165) is 37.7 Å². The standard InChI is InChI=1S/C29H42O7/c1-17(2)9-8-13-29(5)22-11-10-18(3)20(28(22,4)14-12-23(29)31)15-19-25(32)24(26(33)34-6)21(16-30)36-27(19)35-7/h9,20,22-23,30-31H,3,8,10-16H2,1-2,4-7H3/t20-,22-,23-,28-,29+/m1/s1. The number of esters is 1. The van der Waals surface area contributed by atoms with E-state index in [1.807, 2.05) is 0 Å². The van der Waals surface area contributed by atoms with Crippen LogP contribution in [0.3, 0.4) is 0 Å². The Morgan fingerprint density at radius 2 is 1.94 bits per heavy atom. The lowest BCUT2D eigenvalue weighted by molar-refractivity contribution is -0.136. The lowest BCUT2D eigenvalue weighted by Gasteiger charge is -2.60. The predicted molar refractivity (Wildman–Crippen MR) is 138 cm³/mol. The predicted octanol–water partition coefficient (Wildman–Crippen LogP) is 4.97. The van der Waals surface area contributed by atoms with Crippen molar-refractivity contribution in [2.45, 2.75) is 85.4 Å². The first kappa shape index (κ1) is 28.2. The number of hydrogen-bond acceptors (Lipinski definition) is 7. The highest BCUT2D eigenvalue weighted by molar-refractivity contribution is 5.90. The number of methoxy groups -OCH3 is 2. The SMILES string of the molecule is C=C1CC[C@H]2[C@](C)(CCC=C(C)C)[C@H](O)CC[C@]2(C)[C@@H]1Cc1c(OC)oc(CO)c(C(=O)OC)c1=O. The highest BCUT2D eigenvalue weighted by Gasteiger charge is 2.57. The number of aliphatic hydroxyl groups is 2. The average molecular weight is 503 g/mol. The van der Waals surface area contributed by atoms with Crippen molar-refractivity contribution < 1.29 is 28.9 Å². The van der Waals surface area contributed by atoms with Gasteiger partial charge in [-0.25, -0.2) is 4.79 Å². The smallest absolute Gasteiger partial charge is 0.345 e. The molecular weight excluding hydrogens is 460 g/mol. The minimum absolute atomic E-state index is 0.00242. The molecule has 0 aromatic carbocycles. The second-order valence-corrected chi connectivity index (χ2v) is 11.2. The van der Waals surface area contributed by atoms with Crippen molar-refractivity contribution in [3.05, 3.63) is 50.9 Å². The Bertz CT molecular complexity index is 1080. The van der Waals surface area contributed by atoms with Gasteiger partial charge in [0.25, 0.3) is 5.95 Å². The van der Waals surface area contributed by atoms with Crippen LogP contribution < -0.4 is 10.2 Å². The second kappa shape index (κ2) is 10.9. The molecule has 2 aliphatic carbocycles. The van der Waals surface area contributed by atoms with Crippen LogP contribution in [0.1, 0.15) is 87.9 Å². The third-order valence-corrected chi connectivity index (χ3v) is 8.96. The van der Waals surface area contributed by atoms with Gasteiger partial charge >= 0.3 is 5.97 Å². The molecule has 2 fully saturated rings. The molecule has 0 aliphatic heterocycles. The van der Waals surface area contributed by atoms with Crippen LogP contribution in [0.25, 0.3) is 0 Å². The summed E-state index contributed by atoms with van der Waals surface area (Å²) in [6.45, 7) is 12.4. The Morgan fingerprint density at radius 3 is 2.53 bits per heavy atom. The minimum atomic E-state index is -0.851. The highest BCUT2D eigenvalue weighted by Crippen LogP contribution is 2.62. The van der Waals surface area contributed by atoms with Gasteiger partial charge in [0.15, 0.2) is 5.76 Å². The number of hydrogen-bond donors (Lipinski definition) is 2. The molecule has 200 valence electrons. The van der Waals surface area contributed by atoms with E-state index < -0.39 is 18.0 Å². The summed E-state index contributed by atoms with van der Waals surface area (Å²) in [5, 5.41) is 20.9. The van der Waals surface area contributed by atoms with Gasteiger partial charge < -0.3 is 24.1 Å². The molecule has 0 amide bonds. The molecule has 2 N–H and O–H groups in total. The van der Waals surface area contributed by atoms with Crippen LogP contribution in [0.4, 0.5) is 0 Å². The molecule has 3 rings (SSSR count). The van der Waals surface area contributed by atoms with Crippen LogP contribution in [0.2, 0.25) is 0 Å². The number of allylic oxidation sites excluding steroid dienone is 3. The number of aliphatic hydroxyl groups excluding tert-OH is 2. The molecule has 0 unspecified atom stereocenters. The monoisotopic (exact) mass is 502 g/mol. The molecule has 36 heavy (non-hydrogen) atoms. The summed E-state index contributed by atoms with van der Waals surface area (Å²) in [6, 6.07) is 0. The quantitative estimate of drug-likeness (QED) is 0.382. The maximum absolute atomic E-state index is 13.5. The first-order valence-electron chi connectivity index (χ1n) is 12.9. The number of carbonyl (C=O) groups is 1. The summed E-state index contributed by atoms with van der Waals surface area (Å²) < 4.78 is 15.9. The topological polar surface area (TPSA) is 106 Å². The van der Waals surface area contributed by atoms with Crippen molar-refractivity contribution in [3.63, 3.8) is 0 Å². The van der Waals surface area contributed by atoms with E-state index in [9.17, 15) is 19.8 Å². The third kappa shape index (κ3) is 4.92.